The minimum atomic E-state index is -4.06. The maximum Gasteiger partial charge on any atom is 0.472 e. The summed E-state index contributed by atoms with van der Waals surface area (Å²) in [6, 6.07) is 0.418. The average molecular weight is 511 g/mol. The Morgan fingerprint density at radius 2 is 1.26 bits per heavy atom. The van der Waals surface area contributed by atoms with Crippen molar-refractivity contribution in [2.75, 3.05) is 39.6 Å². The van der Waals surface area contributed by atoms with Crippen LogP contribution in [-0.4, -0.2) is 56.6 Å². The molecule has 206 valence electrons. The first-order valence-corrected chi connectivity index (χ1v) is 15.5. The summed E-state index contributed by atoms with van der Waals surface area (Å²) in [5.74, 6) is 0. The molecule has 0 aliphatic rings. The number of nitrogens with two attached hydrogens (primary N) is 1. The van der Waals surface area contributed by atoms with Crippen molar-refractivity contribution >= 4 is 7.82 Å². The van der Waals surface area contributed by atoms with Crippen molar-refractivity contribution in [2.24, 2.45) is 0 Å². The zero-order valence-corrected chi connectivity index (χ0v) is 23.7. The Kier molecular flexibility index (Phi) is 24.7. The maximum atomic E-state index is 12.0. The first-order chi connectivity index (χ1) is 16.4. The molecule has 8 heteroatoms. The monoisotopic (exact) mass is 510 g/mol. The lowest BCUT2D eigenvalue weighted by atomic mass is 10.0. The third kappa shape index (κ3) is 25.1. The molecule has 0 saturated heterocycles. The van der Waals surface area contributed by atoms with Crippen LogP contribution in [0.3, 0.4) is 0 Å². The molecular formula is C26H57NO6P+. The molecule has 0 bridgehead atoms. The van der Waals surface area contributed by atoms with Gasteiger partial charge >= 0.3 is 7.82 Å². The summed E-state index contributed by atoms with van der Waals surface area (Å²) in [4.78, 5) is 9.81. The highest BCUT2D eigenvalue weighted by molar-refractivity contribution is 7.47. The van der Waals surface area contributed by atoms with Crippen LogP contribution >= 0.6 is 7.82 Å². The summed E-state index contributed by atoms with van der Waals surface area (Å²) in [5, 5.41) is 2.04. The number of unbranched alkanes of at least 4 members (excludes halogenated alkanes) is 13. The van der Waals surface area contributed by atoms with E-state index < -0.39 is 7.82 Å². The van der Waals surface area contributed by atoms with E-state index in [9.17, 15) is 9.46 Å². The van der Waals surface area contributed by atoms with Gasteiger partial charge in [0.1, 0.15) is 19.3 Å². The molecule has 0 fully saturated rings. The van der Waals surface area contributed by atoms with E-state index in [4.69, 9.17) is 18.5 Å². The summed E-state index contributed by atoms with van der Waals surface area (Å²) in [5.41, 5.74) is 0. The van der Waals surface area contributed by atoms with Gasteiger partial charge in [0.25, 0.3) is 0 Å². The fourth-order valence-corrected chi connectivity index (χ4v) is 4.54. The number of quaternary nitrogens is 1. The predicted molar refractivity (Wildman–Crippen MR) is 140 cm³/mol. The van der Waals surface area contributed by atoms with E-state index in [0.29, 0.717) is 32.4 Å². The van der Waals surface area contributed by atoms with E-state index in [0.717, 1.165) is 6.42 Å². The molecule has 2 atom stereocenters. The van der Waals surface area contributed by atoms with Gasteiger partial charge in [0.05, 0.1) is 19.3 Å². The molecule has 0 heterocycles. The summed E-state index contributed by atoms with van der Waals surface area (Å²) in [6.45, 7) is 10.6. The molecule has 0 aromatic carbocycles. The van der Waals surface area contributed by atoms with E-state index in [1.807, 2.05) is 12.2 Å². The van der Waals surface area contributed by atoms with Gasteiger partial charge in [-0.25, -0.2) is 4.57 Å². The highest BCUT2D eigenvalue weighted by Gasteiger charge is 2.24. The van der Waals surface area contributed by atoms with Crippen LogP contribution in [0.5, 0.6) is 0 Å². The third-order valence-corrected chi connectivity index (χ3v) is 6.77. The zero-order valence-electron chi connectivity index (χ0n) is 22.8. The lowest BCUT2D eigenvalue weighted by Gasteiger charge is -2.19. The topological polar surface area (TPSA) is 90.8 Å². The van der Waals surface area contributed by atoms with Gasteiger partial charge in [0.2, 0.25) is 0 Å². The van der Waals surface area contributed by atoms with Crippen LogP contribution in [0.15, 0.2) is 0 Å². The number of rotatable bonds is 27. The molecule has 3 N–H and O–H groups in total. The largest absolute Gasteiger partial charge is 0.472 e. The van der Waals surface area contributed by atoms with Crippen molar-refractivity contribution in [3.8, 4) is 0 Å². The molecule has 0 aromatic rings. The van der Waals surface area contributed by atoms with Crippen molar-refractivity contribution in [2.45, 2.75) is 130 Å². The zero-order chi connectivity index (χ0) is 25.3. The standard InChI is InChI=1S/C26H56NO6P/c1-5-7-8-9-10-11-12-13-14-15-16-17-18-19-21-30-23-26(31-6-2)24-33-34(28,29)32-22-20-27-25(3)4/h25-27H,5-24H2,1-4H3,(H,28,29)/p+1/t26-/m1/s1. The highest BCUT2D eigenvalue weighted by Crippen LogP contribution is 2.42. The van der Waals surface area contributed by atoms with E-state index in [2.05, 4.69) is 20.8 Å². The lowest BCUT2D eigenvalue weighted by molar-refractivity contribution is -0.683. The Balaban J connectivity index is 3.61. The normalized spacial score (nSPS) is 14.5. The van der Waals surface area contributed by atoms with Crippen LogP contribution in [0.4, 0.5) is 0 Å². The van der Waals surface area contributed by atoms with Gasteiger partial charge in [0.15, 0.2) is 0 Å². The summed E-state index contributed by atoms with van der Waals surface area (Å²) in [6.07, 6.45) is 18.3. The van der Waals surface area contributed by atoms with Crippen LogP contribution in [0, 0.1) is 0 Å². The van der Waals surface area contributed by atoms with Gasteiger partial charge in [0, 0.05) is 13.2 Å². The fraction of sp³-hybridized carbons (Fsp3) is 1.00. The first kappa shape index (κ1) is 34.0. The average Bonchev–Trinajstić information content (AvgIpc) is 2.80. The van der Waals surface area contributed by atoms with E-state index in [-0.39, 0.29) is 19.3 Å². The predicted octanol–water partition coefficient (Wildman–Crippen LogP) is 5.99. The Labute approximate surface area is 210 Å². The second kappa shape index (κ2) is 24.7. The molecule has 0 rings (SSSR count). The maximum absolute atomic E-state index is 12.0. The van der Waals surface area contributed by atoms with Crippen LogP contribution < -0.4 is 5.32 Å². The van der Waals surface area contributed by atoms with Gasteiger partial charge in [-0.1, -0.05) is 90.4 Å². The summed E-state index contributed by atoms with van der Waals surface area (Å²) < 4.78 is 33.4. The quantitative estimate of drug-likeness (QED) is 0.104. The van der Waals surface area contributed by atoms with E-state index >= 15 is 0 Å². The molecule has 0 aliphatic carbocycles. The SMILES string of the molecule is CCCCCCCCCCCCCCCCOC[C@H](COP(=O)(O)OCC[NH2+]C(C)C)OCC. The van der Waals surface area contributed by atoms with Crippen LogP contribution in [-0.2, 0) is 23.1 Å². The lowest BCUT2D eigenvalue weighted by Crippen LogP contribution is -2.89. The number of hydrogen-bond donors (Lipinski definition) is 2. The Morgan fingerprint density at radius 1 is 0.735 bits per heavy atom. The van der Waals surface area contributed by atoms with Crippen LogP contribution in [0.1, 0.15) is 118 Å². The second-order valence-electron chi connectivity index (χ2n) is 9.61. The van der Waals surface area contributed by atoms with Gasteiger partial charge in [-0.05, 0) is 27.2 Å². The number of phosphoric ester groups is 1. The molecular weight excluding hydrogens is 453 g/mol. The minimum Gasteiger partial charge on any atom is -0.379 e. The first-order valence-electron chi connectivity index (χ1n) is 14.1. The fourth-order valence-electron chi connectivity index (χ4n) is 3.78. The van der Waals surface area contributed by atoms with Crippen molar-refractivity contribution in [3.63, 3.8) is 0 Å². The minimum absolute atomic E-state index is 0.0196. The van der Waals surface area contributed by atoms with Gasteiger partial charge < -0.3 is 19.7 Å². The number of ether oxygens (including phenoxy) is 2. The van der Waals surface area contributed by atoms with Gasteiger partial charge in [-0.3, -0.25) is 9.05 Å². The smallest absolute Gasteiger partial charge is 0.379 e. The molecule has 0 radical (unpaired) electrons. The van der Waals surface area contributed by atoms with Crippen LogP contribution in [0.25, 0.3) is 0 Å². The molecule has 0 spiro atoms. The Hall–Kier alpha value is -0.0100. The Morgan fingerprint density at radius 3 is 1.76 bits per heavy atom. The Bertz CT molecular complexity index is 467. The molecule has 34 heavy (non-hydrogen) atoms. The molecule has 0 amide bonds. The van der Waals surface area contributed by atoms with Crippen molar-refractivity contribution in [3.05, 3.63) is 0 Å². The van der Waals surface area contributed by atoms with Crippen molar-refractivity contribution in [1.82, 2.24) is 0 Å². The summed E-state index contributed by atoms with van der Waals surface area (Å²) >= 11 is 0. The van der Waals surface area contributed by atoms with Crippen molar-refractivity contribution in [1.29, 1.82) is 0 Å². The molecule has 0 aliphatic heterocycles. The van der Waals surface area contributed by atoms with E-state index in [1.54, 1.807) is 0 Å². The van der Waals surface area contributed by atoms with Gasteiger partial charge in [-0.15, -0.1) is 0 Å². The van der Waals surface area contributed by atoms with E-state index in [1.165, 1.54) is 83.5 Å². The molecule has 0 aromatic heterocycles. The number of phosphoric acid groups is 1. The second-order valence-corrected chi connectivity index (χ2v) is 11.1. The van der Waals surface area contributed by atoms with Crippen molar-refractivity contribution < 1.29 is 33.3 Å². The van der Waals surface area contributed by atoms with Gasteiger partial charge in [-0.2, -0.15) is 0 Å². The molecule has 0 saturated carbocycles. The highest BCUT2D eigenvalue weighted by atomic mass is 31.2. The van der Waals surface area contributed by atoms with Crippen LogP contribution in [0.2, 0.25) is 0 Å². The molecule has 7 nitrogen and oxygen atoms in total. The summed E-state index contributed by atoms with van der Waals surface area (Å²) in [7, 11) is -4.06. The molecule has 1 unspecified atom stereocenters. The number of hydrogen-bond acceptors (Lipinski definition) is 5. The third-order valence-electron chi connectivity index (χ3n) is 5.78.